The second-order valence-electron chi connectivity index (χ2n) is 4.86. The van der Waals surface area contributed by atoms with Crippen molar-refractivity contribution in [3.63, 3.8) is 0 Å². The summed E-state index contributed by atoms with van der Waals surface area (Å²) in [6.07, 6.45) is 4.16. The minimum Gasteiger partial charge on any atom is -0.394 e. The smallest absolute Gasteiger partial charge is 0.327 e. The first-order valence-corrected chi connectivity index (χ1v) is 8.15. The van der Waals surface area contributed by atoms with Crippen LogP contribution in [0.1, 0.15) is 21.4 Å². The average molecular weight is 337 g/mol. The van der Waals surface area contributed by atoms with Crippen molar-refractivity contribution >= 4 is 30.2 Å². The van der Waals surface area contributed by atoms with Crippen molar-refractivity contribution in [2.45, 2.75) is 19.4 Å². The van der Waals surface area contributed by atoms with Crippen LogP contribution >= 0.6 is 24.2 Å². The Balaban J connectivity index is 2.13. The molecule has 0 aliphatic heterocycles. The number of hydrogen-bond acceptors (Lipinski definition) is 5. The van der Waals surface area contributed by atoms with Gasteiger partial charge in [-0.3, -0.25) is 9.29 Å². The number of aliphatic hydroxyl groups is 1. The first-order chi connectivity index (χ1) is 10.6. The topological polar surface area (TPSA) is 65.5 Å². The highest BCUT2D eigenvalue weighted by molar-refractivity contribution is 7.78. The van der Waals surface area contributed by atoms with E-state index in [1.807, 2.05) is 31.2 Å². The van der Waals surface area contributed by atoms with Crippen molar-refractivity contribution in [3.8, 4) is 0 Å². The number of amides is 2. The summed E-state index contributed by atoms with van der Waals surface area (Å²) in [7, 11) is 0. The normalized spacial score (nSPS) is 12.0. The monoisotopic (exact) mass is 337 g/mol. The highest BCUT2D eigenvalue weighted by atomic mass is 32.1. The fraction of sp³-hybridized carbons (Fsp3) is 0.333. The number of carbonyl (C=O) groups excluding carboxylic acids is 1. The van der Waals surface area contributed by atoms with Crippen LogP contribution in [0.3, 0.4) is 0 Å². The van der Waals surface area contributed by atoms with E-state index in [1.165, 1.54) is 9.18 Å². The van der Waals surface area contributed by atoms with Gasteiger partial charge in [-0.1, -0.05) is 12.8 Å². The highest BCUT2D eigenvalue weighted by Gasteiger charge is 2.19. The van der Waals surface area contributed by atoms with Crippen LogP contribution in [0.15, 0.2) is 36.7 Å². The number of hydrogen-bond donors (Lipinski definition) is 3. The predicted molar refractivity (Wildman–Crippen MR) is 91.0 cm³/mol. The number of aromatic nitrogens is 1. The lowest BCUT2D eigenvalue weighted by atomic mass is 10.1. The Morgan fingerprint density at radius 1 is 1.41 bits per heavy atom. The largest absolute Gasteiger partial charge is 0.394 e. The molecule has 0 radical (unpaired) electrons. The lowest BCUT2D eigenvalue weighted by Crippen LogP contribution is -2.38. The predicted octanol–water partition coefficient (Wildman–Crippen LogP) is 2.58. The summed E-state index contributed by atoms with van der Waals surface area (Å²) in [5.41, 5.74) is 1.10. The summed E-state index contributed by atoms with van der Waals surface area (Å²) < 4.78 is 1.18. The number of urea groups is 1. The number of nitrogens with zero attached hydrogens (tertiary/aromatic N) is 2. The minimum atomic E-state index is -0.317. The van der Waals surface area contributed by atoms with E-state index in [0.29, 0.717) is 6.42 Å². The number of aliphatic hydroxyl groups excluding tert-OH is 1. The lowest BCUT2D eigenvalue weighted by molar-refractivity contribution is 0.210. The summed E-state index contributed by atoms with van der Waals surface area (Å²) in [5, 5.41) is 11.9. The molecule has 2 aromatic rings. The van der Waals surface area contributed by atoms with Crippen molar-refractivity contribution in [1.82, 2.24) is 14.6 Å². The van der Waals surface area contributed by atoms with Crippen LogP contribution < -0.4 is 5.32 Å². The van der Waals surface area contributed by atoms with Crippen LogP contribution in [0, 0.1) is 6.92 Å². The van der Waals surface area contributed by atoms with Crippen LogP contribution in [0.4, 0.5) is 4.79 Å². The molecule has 5 nitrogen and oxygen atoms in total. The van der Waals surface area contributed by atoms with Crippen LogP contribution in [-0.2, 0) is 6.42 Å². The zero-order valence-electron chi connectivity index (χ0n) is 12.3. The van der Waals surface area contributed by atoms with Gasteiger partial charge >= 0.3 is 6.03 Å². The Labute approximate surface area is 139 Å². The van der Waals surface area contributed by atoms with E-state index in [-0.39, 0.29) is 25.2 Å². The summed E-state index contributed by atoms with van der Waals surface area (Å²) in [4.78, 5) is 18.4. The van der Waals surface area contributed by atoms with Crippen molar-refractivity contribution < 1.29 is 9.90 Å². The van der Waals surface area contributed by atoms with Gasteiger partial charge in [0.05, 0.1) is 19.2 Å². The van der Waals surface area contributed by atoms with Gasteiger partial charge in [0.2, 0.25) is 0 Å². The molecule has 0 fully saturated rings. The van der Waals surface area contributed by atoms with Gasteiger partial charge in [-0.2, -0.15) is 0 Å². The maximum Gasteiger partial charge on any atom is 0.327 e. The molecule has 0 saturated heterocycles. The third-order valence-electron chi connectivity index (χ3n) is 3.14. The van der Waals surface area contributed by atoms with Gasteiger partial charge in [0, 0.05) is 22.1 Å². The van der Waals surface area contributed by atoms with Crippen LogP contribution in [0.25, 0.3) is 0 Å². The molecule has 0 spiro atoms. The molecule has 2 aromatic heterocycles. The summed E-state index contributed by atoms with van der Waals surface area (Å²) in [6.45, 7) is 2.10. The van der Waals surface area contributed by atoms with Crippen LogP contribution in [-0.4, -0.2) is 33.6 Å². The van der Waals surface area contributed by atoms with E-state index in [2.05, 4.69) is 23.1 Å². The molecular formula is C15H19N3O2S2. The van der Waals surface area contributed by atoms with Crippen LogP contribution in [0.2, 0.25) is 0 Å². The maximum absolute atomic E-state index is 12.1. The molecular weight excluding hydrogens is 318 g/mol. The van der Waals surface area contributed by atoms with E-state index >= 15 is 0 Å². The van der Waals surface area contributed by atoms with E-state index in [4.69, 9.17) is 5.11 Å². The van der Waals surface area contributed by atoms with Crippen LogP contribution in [0.5, 0.6) is 0 Å². The molecule has 2 rings (SSSR count). The molecule has 22 heavy (non-hydrogen) atoms. The van der Waals surface area contributed by atoms with Gasteiger partial charge in [0.1, 0.15) is 0 Å². The van der Waals surface area contributed by atoms with E-state index in [9.17, 15) is 4.79 Å². The second-order valence-corrected chi connectivity index (χ2v) is 6.66. The van der Waals surface area contributed by atoms with Gasteiger partial charge in [-0.05, 0) is 43.2 Å². The molecule has 118 valence electrons. The number of aryl methyl sites for hydroxylation is 1. The SMILES string of the molecule is Cc1ccc(C(Cc2ccncc2)NC(=O)N(S)CCO)s1. The zero-order valence-corrected chi connectivity index (χ0v) is 14.0. The number of thiophene rings is 1. The van der Waals surface area contributed by atoms with Crippen molar-refractivity contribution in [1.29, 1.82) is 0 Å². The second kappa shape index (κ2) is 8.17. The third kappa shape index (κ3) is 4.72. The Morgan fingerprint density at radius 2 is 2.14 bits per heavy atom. The molecule has 1 unspecified atom stereocenters. The molecule has 2 amide bonds. The number of pyridine rings is 1. The van der Waals surface area contributed by atoms with Gasteiger partial charge in [-0.25, -0.2) is 4.79 Å². The molecule has 2 N–H and O–H groups in total. The highest BCUT2D eigenvalue weighted by Crippen LogP contribution is 2.26. The Morgan fingerprint density at radius 3 is 2.73 bits per heavy atom. The van der Waals surface area contributed by atoms with E-state index in [0.717, 1.165) is 10.4 Å². The molecule has 0 aliphatic carbocycles. The maximum atomic E-state index is 12.1. The molecule has 0 aliphatic rings. The lowest BCUT2D eigenvalue weighted by Gasteiger charge is -2.22. The Bertz CT molecular complexity index is 604. The summed E-state index contributed by atoms with van der Waals surface area (Å²) in [6, 6.07) is 7.49. The molecule has 1 atom stereocenters. The van der Waals surface area contributed by atoms with Gasteiger partial charge < -0.3 is 10.4 Å². The fourth-order valence-corrected chi connectivity index (χ4v) is 3.11. The minimum absolute atomic E-state index is 0.121. The van der Waals surface area contributed by atoms with Gasteiger partial charge in [0.25, 0.3) is 0 Å². The number of nitrogens with one attached hydrogen (secondary N) is 1. The van der Waals surface area contributed by atoms with Gasteiger partial charge in [-0.15, -0.1) is 11.3 Å². The number of carbonyl (C=O) groups is 1. The quantitative estimate of drug-likeness (QED) is 0.710. The Hall–Kier alpha value is -1.57. The van der Waals surface area contributed by atoms with Gasteiger partial charge in [0.15, 0.2) is 0 Å². The molecule has 0 aromatic carbocycles. The first-order valence-electron chi connectivity index (χ1n) is 6.93. The summed E-state index contributed by atoms with van der Waals surface area (Å²) in [5.74, 6) is 0. The zero-order chi connectivity index (χ0) is 15.9. The third-order valence-corrected chi connectivity index (χ3v) is 4.63. The van der Waals surface area contributed by atoms with Crippen molar-refractivity contribution in [3.05, 3.63) is 52.0 Å². The van der Waals surface area contributed by atoms with E-state index < -0.39 is 0 Å². The summed E-state index contributed by atoms with van der Waals surface area (Å²) >= 11 is 5.74. The number of rotatable bonds is 6. The first kappa shape index (κ1) is 16.8. The molecule has 2 heterocycles. The molecule has 0 bridgehead atoms. The molecule has 7 heteroatoms. The fourth-order valence-electron chi connectivity index (χ4n) is 2.04. The molecule has 0 saturated carbocycles. The van der Waals surface area contributed by atoms with E-state index in [1.54, 1.807) is 23.7 Å². The van der Waals surface area contributed by atoms with Crippen molar-refractivity contribution in [2.24, 2.45) is 0 Å². The number of thiol groups is 1. The average Bonchev–Trinajstić information content (AvgIpc) is 2.94. The Kier molecular flexibility index (Phi) is 6.23. The standard InChI is InChI=1S/C15H19N3O2S2/c1-11-2-3-14(22-11)13(10-12-4-6-16-7-5-12)17-15(20)18(21)8-9-19/h2-7,13,19,21H,8-10H2,1H3,(H,17,20). The van der Waals surface area contributed by atoms with Crippen molar-refractivity contribution in [2.75, 3.05) is 13.2 Å².